The molecule has 2 aromatic carbocycles. The van der Waals surface area contributed by atoms with Gasteiger partial charge in [0.15, 0.2) is 5.82 Å². The number of nitrogens with one attached hydrogen (secondary N) is 1. The van der Waals surface area contributed by atoms with Crippen molar-refractivity contribution in [1.82, 2.24) is 9.78 Å². The summed E-state index contributed by atoms with van der Waals surface area (Å²) in [6, 6.07) is 14.1. The molecule has 9 nitrogen and oxygen atoms in total. The van der Waals surface area contributed by atoms with Crippen molar-refractivity contribution in [2.45, 2.75) is 11.8 Å². The van der Waals surface area contributed by atoms with E-state index in [1.54, 1.807) is 31.3 Å². The van der Waals surface area contributed by atoms with Gasteiger partial charge in [0, 0.05) is 27.2 Å². The van der Waals surface area contributed by atoms with Crippen LogP contribution < -0.4 is 14.5 Å². The van der Waals surface area contributed by atoms with Gasteiger partial charge in [-0.05, 0) is 31.2 Å². The Balaban J connectivity index is 1.63. The Morgan fingerprint density at radius 2 is 1.76 bits per heavy atom. The summed E-state index contributed by atoms with van der Waals surface area (Å²) in [6.45, 7) is 4.58. The van der Waals surface area contributed by atoms with Crippen molar-refractivity contribution in [3.05, 3.63) is 65.9 Å². The molecule has 0 bridgehead atoms. The number of carbonyl (C=O) groups is 1. The van der Waals surface area contributed by atoms with Gasteiger partial charge in [0.05, 0.1) is 35.7 Å². The fourth-order valence-electron chi connectivity index (χ4n) is 3.80. The van der Waals surface area contributed by atoms with Gasteiger partial charge in [-0.2, -0.15) is 5.10 Å². The first kappa shape index (κ1) is 22.8. The second kappa shape index (κ2) is 9.24. The smallest absolute Gasteiger partial charge is 0.265 e. The van der Waals surface area contributed by atoms with Crippen LogP contribution in [0.3, 0.4) is 0 Å². The number of benzene rings is 2. The zero-order valence-corrected chi connectivity index (χ0v) is 19.7. The summed E-state index contributed by atoms with van der Waals surface area (Å²) in [7, 11) is -0.858. The lowest BCUT2D eigenvalue weighted by atomic mass is 10.2. The fourth-order valence-corrected chi connectivity index (χ4v) is 5.04. The van der Waals surface area contributed by atoms with Crippen molar-refractivity contribution in [2.75, 3.05) is 47.9 Å². The summed E-state index contributed by atoms with van der Waals surface area (Å²) in [4.78, 5) is 15.6. The number of morpholine rings is 1. The number of anilines is 3. The number of hydrogen-bond donors (Lipinski definition) is 1. The molecule has 10 heteroatoms. The second-order valence-corrected chi connectivity index (χ2v) is 9.83. The molecule has 0 aliphatic carbocycles. The van der Waals surface area contributed by atoms with Crippen LogP contribution in [0.25, 0.3) is 0 Å². The summed E-state index contributed by atoms with van der Waals surface area (Å²) in [5.74, 6) is -0.262. The average molecular weight is 470 g/mol. The molecular weight excluding hydrogens is 442 g/mol. The minimum atomic E-state index is -3.88. The Bertz CT molecular complexity index is 1250. The number of nitrogens with zero attached hydrogens (tertiary/aromatic N) is 4. The maximum absolute atomic E-state index is 13.3. The number of carbonyl (C=O) groups excluding carboxylic acids is 1. The first-order valence-electron chi connectivity index (χ1n) is 10.6. The summed E-state index contributed by atoms with van der Waals surface area (Å²) < 4.78 is 34.3. The molecule has 174 valence electrons. The highest BCUT2D eigenvalue weighted by Crippen LogP contribution is 2.29. The molecular formula is C23H27N5O4S. The highest BCUT2D eigenvalue weighted by atomic mass is 32.2. The van der Waals surface area contributed by atoms with Crippen LogP contribution in [0.4, 0.5) is 17.2 Å². The third kappa shape index (κ3) is 4.57. The highest BCUT2D eigenvalue weighted by molar-refractivity contribution is 7.92. The van der Waals surface area contributed by atoms with E-state index in [1.165, 1.54) is 17.9 Å². The molecule has 4 rings (SSSR count). The summed E-state index contributed by atoms with van der Waals surface area (Å²) in [5, 5.41) is 7.09. The number of hydrogen-bond acceptors (Lipinski definition) is 6. The SMILES string of the molecule is Cc1ccc(S(=O)(=O)N(C)c2c(C(=O)Nc3ccccc3N3CCOCC3)cnn2C)cc1. The van der Waals surface area contributed by atoms with E-state index in [4.69, 9.17) is 4.74 Å². The van der Waals surface area contributed by atoms with Gasteiger partial charge in [-0.25, -0.2) is 8.42 Å². The van der Waals surface area contributed by atoms with Crippen LogP contribution in [0, 0.1) is 6.92 Å². The summed E-state index contributed by atoms with van der Waals surface area (Å²) >= 11 is 0. The lowest BCUT2D eigenvalue weighted by Crippen LogP contribution is -2.36. The number of aryl methyl sites for hydroxylation is 2. The first-order chi connectivity index (χ1) is 15.8. The van der Waals surface area contributed by atoms with Gasteiger partial charge in [-0.15, -0.1) is 0 Å². The van der Waals surface area contributed by atoms with E-state index in [-0.39, 0.29) is 16.3 Å². The van der Waals surface area contributed by atoms with Gasteiger partial charge in [-0.3, -0.25) is 13.8 Å². The normalized spacial score (nSPS) is 14.2. The van der Waals surface area contributed by atoms with Crippen LogP contribution in [-0.2, 0) is 21.8 Å². The Hall–Kier alpha value is -3.37. The van der Waals surface area contributed by atoms with Crippen molar-refractivity contribution in [1.29, 1.82) is 0 Å². The Kier molecular flexibility index (Phi) is 6.39. The monoisotopic (exact) mass is 469 g/mol. The Labute approximate surface area is 193 Å². The van der Waals surface area contributed by atoms with E-state index < -0.39 is 15.9 Å². The van der Waals surface area contributed by atoms with Crippen molar-refractivity contribution in [2.24, 2.45) is 7.05 Å². The van der Waals surface area contributed by atoms with Crippen LogP contribution >= 0.6 is 0 Å². The van der Waals surface area contributed by atoms with E-state index in [0.717, 1.165) is 28.6 Å². The zero-order valence-electron chi connectivity index (χ0n) is 18.9. The molecule has 1 aliphatic rings. The number of aromatic nitrogens is 2. The van der Waals surface area contributed by atoms with Gasteiger partial charge in [0.25, 0.3) is 15.9 Å². The molecule has 0 saturated carbocycles. The molecule has 0 unspecified atom stereocenters. The molecule has 1 N–H and O–H groups in total. The van der Waals surface area contributed by atoms with E-state index in [9.17, 15) is 13.2 Å². The van der Waals surface area contributed by atoms with E-state index in [1.807, 2.05) is 31.2 Å². The van der Waals surface area contributed by atoms with Crippen LogP contribution in [0.1, 0.15) is 15.9 Å². The quantitative estimate of drug-likeness (QED) is 0.596. The highest BCUT2D eigenvalue weighted by Gasteiger charge is 2.29. The third-order valence-corrected chi connectivity index (χ3v) is 7.40. The van der Waals surface area contributed by atoms with Crippen molar-refractivity contribution < 1.29 is 17.9 Å². The zero-order chi connectivity index (χ0) is 23.6. The minimum Gasteiger partial charge on any atom is -0.378 e. The fraction of sp³-hybridized carbons (Fsp3) is 0.304. The molecule has 0 spiro atoms. The van der Waals surface area contributed by atoms with Gasteiger partial charge < -0.3 is 15.0 Å². The van der Waals surface area contributed by atoms with Crippen LogP contribution in [0.5, 0.6) is 0 Å². The third-order valence-electron chi connectivity index (χ3n) is 5.63. The molecule has 1 fully saturated rings. The molecule has 1 aliphatic heterocycles. The number of sulfonamides is 1. The minimum absolute atomic E-state index is 0.140. The van der Waals surface area contributed by atoms with Crippen LogP contribution in [0.15, 0.2) is 59.6 Å². The van der Waals surface area contributed by atoms with Gasteiger partial charge in [0.1, 0.15) is 5.56 Å². The van der Waals surface area contributed by atoms with Crippen molar-refractivity contribution in [3.8, 4) is 0 Å². The van der Waals surface area contributed by atoms with Gasteiger partial charge >= 0.3 is 0 Å². The number of rotatable bonds is 6. The Morgan fingerprint density at radius 1 is 1.09 bits per heavy atom. The summed E-state index contributed by atoms with van der Waals surface area (Å²) in [5.41, 5.74) is 2.65. The maximum Gasteiger partial charge on any atom is 0.265 e. The Morgan fingerprint density at radius 3 is 2.45 bits per heavy atom. The molecule has 1 aromatic heterocycles. The maximum atomic E-state index is 13.3. The van der Waals surface area contributed by atoms with E-state index in [0.29, 0.717) is 18.9 Å². The van der Waals surface area contributed by atoms with Crippen LogP contribution in [-0.4, -0.2) is 57.5 Å². The molecule has 0 atom stereocenters. The van der Waals surface area contributed by atoms with Crippen molar-refractivity contribution in [3.63, 3.8) is 0 Å². The van der Waals surface area contributed by atoms with E-state index >= 15 is 0 Å². The molecule has 2 heterocycles. The average Bonchev–Trinajstić information content (AvgIpc) is 3.21. The second-order valence-electron chi connectivity index (χ2n) is 7.86. The summed E-state index contributed by atoms with van der Waals surface area (Å²) in [6.07, 6.45) is 1.38. The topological polar surface area (TPSA) is 96.8 Å². The van der Waals surface area contributed by atoms with Crippen LogP contribution in [0.2, 0.25) is 0 Å². The molecule has 3 aromatic rings. The number of ether oxygens (including phenoxy) is 1. The van der Waals surface area contributed by atoms with Gasteiger partial charge in [-0.1, -0.05) is 29.8 Å². The predicted octanol–water partition coefficient (Wildman–Crippen LogP) is 2.64. The molecule has 1 amide bonds. The molecule has 1 saturated heterocycles. The standard InChI is InChI=1S/C23H27N5O4S/c1-17-8-10-18(11-9-17)33(30,31)27(3)23-19(16-24-26(23)2)22(29)25-20-6-4-5-7-21(20)28-12-14-32-15-13-28/h4-11,16H,12-15H2,1-3H3,(H,25,29). The lowest BCUT2D eigenvalue weighted by Gasteiger charge is -2.30. The number of amides is 1. The van der Waals surface area contributed by atoms with E-state index in [2.05, 4.69) is 15.3 Å². The predicted molar refractivity (Wildman–Crippen MR) is 127 cm³/mol. The first-order valence-corrected chi connectivity index (χ1v) is 12.0. The van der Waals surface area contributed by atoms with Crippen molar-refractivity contribution >= 4 is 33.1 Å². The van der Waals surface area contributed by atoms with Gasteiger partial charge in [0.2, 0.25) is 0 Å². The number of para-hydroxylation sites is 2. The molecule has 0 radical (unpaired) electrons. The lowest BCUT2D eigenvalue weighted by molar-refractivity contribution is 0.102. The molecule has 33 heavy (non-hydrogen) atoms. The largest absolute Gasteiger partial charge is 0.378 e.